The first kappa shape index (κ1) is 36.4. The third-order valence-electron chi connectivity index (χ3n) is 8.76. The van der Waals surface area contributed by atoms with E-state index in [1.165, 1.54) is 96.9 Å². The predicted molar refractivity (Wildman–Crippen MR) is 187 cm³/mol. The van der Waals surface area contributed by atoms with Crippen molar-refractivity contribution in [2.24, 2.45) is 11.8 Å². The molecule has 0 aliphatic rings. The van der Waals surface area contributed by atoms with Crippen molar-refractivity contribution in [1.82, 2.24) is 0 Å². The van der Waals surface area contributed by atoms with Gasteiger partial charge in [-0.25, -0.2) is 0 Å². The number of benzene rings is 3. The second kappa shape index (κ2) is 20.2. The van der Waals surface area contributed by atoms with Gasteiger partial charge in [0, 0.05) is 10.8 Å². The lowest BCUT2D eigenvalue weighted by atomic mass is 9.86. The largest absolute Gasteiger partial charge is 0.492 e. The van der Waals surface area contributed by atoms with Gasteiger partial charge in [-0.05, 0) is 77.8 Å². The van der Waals surface area contributed by atoms with Crippen LogP contribution >= 0.6 is 13.5 Å². The molecule has 0 aromatic heterocycles. The molecule has 1 nitrogen and oxygen atoms in total. The molecule has 0 heterocycles. The van der Waals surface area contributed by atoms with E-state index >= 15 is 0 Å². The average Bonchev–Trinajstić information content (AvgIpc) is 2.99. The van der Waals surface area contributed by atoms with Gasteiger partial charge in [-0.2, -0.15) is 13.5 Å². The maximum atomic E-state index is 6.87. The Bertz CT molecular complexity index is 1090. The molecule has 0 saturated carbocycles. The lowest BCUT2D eigenvalue weighted by molar-refractivity contribution is 0.232. The van der Waals surface area contributed by atoms with Crippen molar-refractivity contribution in [3.63, 3.8) is 0 Å². The molecule has 0 fully saturated rings. The number of hydrogen-bond donors (Lipinski definition) is 0. The van der Waals surface area contributed by atoms with E-state index in [0.717, 1.165) is 31.1 Å². The quantitative estimate of drug-likeness (QED) is 0.148. The van der Waals surface area contributed by atoms with Crippen LogP contribution in [-0.2, 0) is 6.42 Å². The van der Waals surface area contributed by atoms with Crippen LogP contribution in [0.25, 0.3) is 21.5 Å². The molecule has 3 aromatic rings. The van der Waals surface area contributed by atoms with Crippen molar-refractivity contribution in [2.45, 2.75) is 138 Å². The van der Waals surface area contributed by atoms with E-state index in [1.807, 2.05) is 13.8 Å². The molecular weight excluding hydrogens is 504 g/mol. The van der Waals surface area contributed by atoms with E-state index in [0.29, 0.717) is 11.8 Å². The normalized spacial score (nSPS) is 13.3. The van der Waals surface area contributed by atoms with Crippen molar-refractivity contribution in [2.75, 3.05) is 6.61 Å². The predicted octanol–water partition coefficient (Wildman–Crippen LogP) is 12.8. The van der Waals surface area contributed by atoms with E-state index in [4.69, 9.17) is 4.74 Å². The maximum Gasteiger partial charge on any atom is 0.134 e. The van der Waals surface area contributed by atoms with E-state index in [2.05, 4.69) is 84.0 Å². The molecule has 3 rings (SSSR count). The molecule has 0 N–H and O–H groups in total. The molecule has 3 atom stereocenters. The molecule has 0 radical (unpaired) electrons. The Balaban J connectivity index is 0.00000261. The zero-order valence-corrected chi connectivity index (χ0v) is 28.4. The Labute approximate surface area is 255 Å². The Morgan fingerprint density at radius 2 is 1.27 bits per heavy atom. The number of hydrogen-bond acceptors (Lipinski definition) is 1. The summed E-state index contributed by atoms with van der Waals surface area (Å²) in [5.74, 6) is 3.13. The first-order chi connectivity index (χ1) is 19.1. The van der Waals surface area contributed by atoms with Gasteiger partial charge in [-0.3, -0.25) is 0 Å². The number of unbranched alkanes of at least 4 members (excludes halogenated alkanes) is 2. The molecule has 0 amide bonds. The molecule has 3 unspecified atom stereocenters. The third-order valence-corrected chi connectivity index (χ3v) is 8.76. The van der Waals surface area contributed by atoms with E-state index in [9.17, 15) is 0 Å². The van der Waals surface area contributed by atoms with Crippen molar-refractivity contribution in [3.8, 4) is 5.75 Å². The van der Waals surface area contributed by atoms with Crippen molar-refractivity contribution in [3.05, 3.63) is 53.6 Å². The fourth-order valence-electron chi connectivity index (χ4n) is 6.02. The Morgan fingerprint density at radius 3 is 1.88 bits per heavy atom. The first-order valence-corrected chi connectivity index (χ1v) is 16.7. The minimum atomic E-state index is 0. The summed E-state index contributed by atoms with van der Waals surface area (Å²) in [4.78, 5) is 0. The number of aryl methyl sites for hydroxylation is 1. The van der Waals surface area contributed by atoms with Crippen LogP contribution in [0.5, 0.6) is 5.75 Å². The summed E-state index contributed by atoms with van der Waals surface area (Å²) in [7, 11) is 0. The van der Waals surface area contributed by atoms with Crippen LogP contribution in [0.3, 0.4) is 0 Å². The molecule has 0 aliphatic heterocycles. The molecule has 2 heteroatoms. The fourth-order valence-corrected chi connectivity index (χ4v) is 6.02. The van der Waals surface area contributed by atoms with Crippen LogP contribution in [0.4, 0.5) is 0 Å². The van der Waals surface area contributed by atoms with Gasteiger partial charge in [0.05, 0.1) is 6.61 Å². The topological polar surface area (TPSA) is 9.23 Å². The fraction of sp³-hybridized carbons (Fsp3) is 0.632. The first-order valence-electron chi connectivity index (χ1n) is 16.7. The van der Waals surface area contributed by atoms with Gasteiger partial charge in [0.1, 0.15) is 5.75 Å². The Hall–Kier alpha value is -1.67. The second-order valence-electron chi connectivity index (χ2n) is 11.5. The molecule has 0 saturated heterocycles. The molecule has 3 aromatic carbocycles. The van der Waals surface area contributed by atoms with Crippen LogP contribution in [-0.4, -0.2) is 6.61 Å². The summed E-state index contributed by atoms with van der Waals surface area (Å²) in [6.45, 7) is 18.8. The van der Waals surface area contributed by atoms with Gasteiger partial charge in [0.25, 0.3) is 0 Å². The molecular formula is C38H62OS. The summed E-state index contributed by atoms with van der Waals surface area (Å²) in [6, 6.07) is 16.3. The van der Waals surface area contributed by atoms with Gasteiger partial charge in [0.2, 0.25) is 0 Å². The second-order valence-corrected chi connectivity index (χ2v) is 11.5. The van der Waals surface area contributed by atoms with E-state index in [1.54, 1.807) is 0 Å². The SMILES string of the molecule is CC.CCCCC(CC)CCc1c2ccccc2c(OCC(CCC)CCCC)c2cc(C(C)CC)ccc12.S. The van der Waals surface area contributed by atoms with E-state index < -0.39 is 0 Å². The average molecular weight is 567 g/mol. The molecule has 0 aliphatic carbocycles. The molecule has 0 spiro atoms. The van der Waals surface area contributed by atoms with Gasteiger partial charge in [-0.1, -0.05) is 137 Å². The Kier molecular flexibility index (Phi) is 18.4. The zero-order valence-electron chi connectivity index (χ0n) is 27.4. The van der Waals surface area contributed by atoms with Crippen LogP contribution < -0.4 is 4.74 Å². The number of rotatable bonds is 17. The summed E-state index contributed by atoms with van der Waals surface area (Å²) in [5.41, 5.74) is 2.96. The van der Waals surface area contributed by atoms with Crippen LogP contribution in [0.1, 0.15) is 143 Å². The van der Waals surface area contributed by atoms with Gasteiger partial charge >= 0.3 is 0 Å². The zero-order chi connectivity index (χ0) is 28.6. The van der Waals surface area contributed by atoms with Crippen molar-refractivity contribution in [1.29, 1.82) is 0 Å². The smallest absolute Gasteiger partial charge is 0.134 e. The Morgan fingerprint density at radius 1 is 0.650 bits per heavy atom. The van der Waals surface area contributed by atoms with Gasteiger partial charge < -0.3 is 4.74 Å². The standard InChI is InChI=1S/C36H54O.C2H6.H2S/c1-7-12-17-28(11-5)21-23-32-31-19-14-15-20-34(31)36(37-26-29(16-9-3)18-13-8-2)35-25-30(27(6)10-4)22-24-33(32)35;1-2;/h14-15,19-20,22,24-25,27-29H,7-13,16-18,21,23,26H2,1-6H3;1-2H3;1H2. The summed E-state index contributed by atoms with van der Waals surface area (Å²) in [6.07, 6.45) is 15.2. The van der Waals surface area contributed by atoms with Crippen LogP contribution in [0, 0.1) is 11.8 Å². The van der Waals surface area contributed by atoms with Gasteiger partial charge in [0.15, 0.2) is 0 Å². The maximum absolute atomic E-state index is 6.87. The number of ether oxygens (including phenoxy) is 1. The summed E-state index contributed by atoms with van der Waals surface area (Å²) >= 11 is 0. The van der Waals surface area contributed by atoms with E-state index in [-0.39, 0.29) is 13.5 Å². The van der Waals surface area contributed by atoms with Crippen molar-refractivity contribution < 1.29 is 4.74 Å². The third kappa shape index (κ3) is 10.0. The minimum absolute atomic E-state index is 0. The van der Waals surface area contributed by atoms with Crippen LogP contribution in [0.15, 0.2) is 42.5 Å². The lowest BCUT2D eigenvalue weighted by Gasteiger charge is -2.23. The van der Waals surface area contributed by atoms with Crippen LogP contribution in [0.2, 0.25) is 0 Å². The molecule has 226 valence electrons. The summed E-state index contributed by atoms with van der Waals surface area (Å²) < 4.78 is 6.87. The highest BCUT2D eigenvalue weighted by Gasteiger charge is 2.19. The molecule has 0 bridgehead atoms. The highest BCUT2D eigenvalue weighted by molar-refractivity contribution is 7.59. The highest BCUT2D eigenvalue weighted by atomic mass is 32.1. The monoisotopic (exact) mass is 566 g/mol. The van der Waals surface area contributed by atoms with Gasteiger partial charge in [-0.15, -0.1) is 0 Å². The van der Waals surface area contributed by atoms with Crippen molar-refractivity contribution >= 4 is 35.0 Å². The highest BCUT2D eigenvalue weighted by Crippen LogP contribution is 2.41. The summed E-state index contributed by atoms with van der Waals surface area (Å²) in [5, 5.41) is 5.44. The molecule has 40 heavy (non-hydrogen) atoms. The number of fused-ring (bicyclic) bond motifs is 2. The minimum Gasteiger partial charge on any atom is -0.492 e. The lowest BCUT2D eigenvalue weighted by Crippen LogP contribution is -2.13.